The number of hydrogen-bond donors (Lipinski definition) is 2. The van der Waals surface area contributed by atoms with Crippen molar-refractivity contribution in [3.8, 4) is 5.75 Å². The van der Waals surface area contributed by atoms with Crippen LogP contribution in [0.15, 0.2) is 24.5 Å². The second-order valence-electron chi connectivity index (χ2n) is 5.43. The van der Waals surface area contributed by atoms with Crippen LogP contribution in [-0.2, 0) is 0 Å². The number of nitrogens with one attached hydrogen (secondary N) is 2. The van der Waals surface area contributed by atoms with E-state index in [1.54, 1.807) is 18.2 Å². The Bertz CT molecular complexity index is 990. The van der Waals surface area contributed by atoms with Gasteiger partial charge in [-0.05, 0) is 32.0 Å². The minimum atomic E-state index is -0.561. The molecule has 2 heterocycles. The van der Waals surface area contributed by atoms with Gasteiger partial charge in [0.05, 0.1) is 23.4 Å². The van der Waals surface area contributed by atoms with E-state index in [2.05, 4.69) is 25.6 Å². The smallest absolute Gasteiger partial charge is 0.353 e. The Hall–Kier alpha value is -2.98. The van der Waals surface area contributed by atoms with Crippen LogP contribution in [0.4, 0.5) is 28.1 Å². The zero-order valence-electron chi connectivity index (χ0n) is 14.6. The first-order chi connectivity index (χ1) is 12.9. The fourth-order valence-electron chi connectivity index (χ4n) is 2.27. The summed E-state index contributed by atoms with van der Waals surface area (Å²) in [6.07, 6.45) is 1.22. The predicted molar refractivity (Wildman–Crippen MR) is 105 cm³/mol. The molecule has 0 radical (unpaired) electrons. The molecule has 0 fully saturated rings. The first-order valence-corrected chi connectivity index (χ1v) is 8.89. The van der Waals surface area contributed by atoms with E-state index in [1.807, 2.05) is 13.8 Å². The molecule has 9 nitrogen and oxygen atoms in total. The third-order valence-corrected chi connectivity index (χ3v) is 4.90. The van der Waals surface area contributed by atoms with Crippen LogP contribution in [0, 0.1) is 24.0 Å². The van der Waals surface area contributed by atoms with Crippen molar-refractivity contribution >= 4 is 51.1 Å². The number of aromatic nitrogens is 3. The van der Waals surface area contributed by atoms with Crippen molar-refractivity contribution in [1.82, 2.24) is 15.0 Å². The van der Waals surface area contributed by atoms with Crippen molar-refractivity contribution in [2.75, 3.05) is 17.7 Å². The number of benzene rings is 1. The van der Waals surface area contributed by atoms with Crippen molar-refractivity contribution in [3.63, 3.8) is 0 Å². The fraction of sp³-hybridized carbons (Fsp3) is 0.188. The van der Waals surface area contributed by atoms with Crippen LogP contribution in [0.1, 0.15) is 10.6 Å². The van der Waals surface area contributed by atoms with Crippen molar-refractivity contribution in [3.05, 3.63) is 50.2 Å². The number of methoxy groups -OCH3 is 1. The maximum Gasteiger partial charge on any atom is 0.353 e. The standard InChI is InChI=1S/C16H15ClN6O3S/c1-8-9(2)27-16(20-8)22-15-13(23(24)25)14(18-7-19-15)21-11-6-10(17)4-5-12(11)26-3/h4-7H,1-3H3,(H2,18,19,20,21,22). The zero-order valence-corrected chi connectivity index (χ0v) is 16.2. The van der Waals surface area contributed by atoms with Gasteiger partial charge in [-0.2, -0.15) is 0 Å². The maximum absolute atomic E-state index is 11.7. The van der Waals surface area contributed by atoms with Gasteiger partial charge in [-0.1, -0.05) is 11.6 Å². The molecule has 1 aromatic carbocycles. The number of anilines is 4. The summed E-state index contributed by atoms with van der Waals surface area (Å²) in [5, 5.41) is 18.4. The lowest BCUT2D eigenvalue weighted by atomic mass is 10.3. The minimum Gasteiger partial charge on any atom is -0.495 e. The topological polar surface area (TPSA) is 115 Å². The second-order valence-corrected chi connectivity index (χ2v) is 7.07. The van der Waals surface area contributed by atoms with Gasteiger partial charge in [-0.15, -0.1) is 11.3 Å². The van der Waals surface area contributed by atoms with Crippen LogP contribution in [0.25, 0.3) is 0 Å². The van der Waals surface area contributed by atoms with Crippen molar-refractivity contribution in [2.45, 2.75) is 13.8 Å². The molecule has 0 aliphatic heterocycles. The summed E-state index contributed by atoms with van der Waals surface area (Å²) in [7, 11) is 1.49. The van der Waals surface area contributed by atoms with Gasteiger partial charge in [0.15, 0.2) is 5.13 Å². The molecular weight excluding hydrogens is 392 g/mol. The number of nitro groups is 1. The number of nitrogens with zero attached hydrogens (tertiary/aromatic N) is 4. The maximum atomic E-state index is 11.7. The first kappa shape index (κ1) is 18.8. The van der Waals surface area contributed by atoms with Gasteiger partial charge >= 0.3 is 5.69 Å². The molecule has 140 valence electrons. The summed E-state index contributed by atoms with van der Waals surface area (Å²) in [4.78, 5) is 24.5. The SMILES string of the molecule is COc1ccc(Cl)cc1Nc1ncnc(Nc2nc(C)c(C)s2)c1[N+](=O)[O-]. The highest BCUT2D eigenvalue weighted by Gasteiger charge is 2.25. The summed E-state index contributed by atoms with van der Waals surface area (Å²) in [6, 6.07) is 4.89. The molecule has 0 aliphatic carbocycles. The number of thiazole rings is 1. The van der Waals surface area contributed by atoms with Crippen molar-refractivity contribution in [1.29, 1.82) is 0 Å². The number of hydrogen-bond acceptors (Lipinski definition) is 9. The Labute approximate surface area is 163 Å². The Balaban J connectivity index is 2.01. The van der Waals surface area contributed by atoms with Crippen LogP contribution in [0.3, 0.4) is 0 Å². The van der Waals surface area contributed by atoms with Crippen LogP contribution in [0.2, 0.25) is 5.02 Å². The average molecular weight is 407 g/mol. The van der Waals surface area contributed by atoms with E-state index >= 15 is 0 Å². The lowest BCUT2D eigenvalue weighted by Crippen LogP contribution is -2.06. The monoisotopic (exact) mass is 406 g/mol. The van der Waals surface area contributed by atoms with Crippen molar-refractivity contribution in [2.24, 2.45) is 0 Å². The summed E-state index contributed by atoms with van der Waals surface area (Å²) >= 11 is 7.40. The normalized spacial score (nSPS) is 10.5. The number of halogens is 1. The molecule has 0 amide bonds. The molecule has 2 N–H and O–H groups in total. The Morgan fingerprint density at radius 3 is 2.52 bits per heavy atom. The van der Waals surface area contributed by atoms with E-state index in [9.17, 15) is 10.1 Å². The molecule has 0 atom stereocenters. The van der Waals surface area contributed by atoms with Crippen molar-refractivity contribution < 1.29 is 9.66 Å². The molecular formula is C16H15ClN6O3S. The van der Waals surface area contributed by atoms with Gasteiger partial charge in [0, 0.05) is 9.90 Å². The molecule has 0 saturated carbocycles. The molecule has 0 saturated heterocycles. The Kier molecular flexibility index (Phi) is 5.38. The quantitative estimate of drug-likeness (QED) is 0.450. The molecule has 0 aliphatic rings. The minimum absolute atomic E-state index is 0.00284. The van der Waals surface area contributed by atoms with Gasteiger partial charge in [-0.3, -0.25) is 10.1 Å². The summed E-state index contributed by atoms with van der Waals surface area (Å²) in [5.74, 6) is 0.503. The highest BCUT2D eigenvalue weighted by Crippen LogP contribution is 2.37. The number of rotatable bonds is 6. The fourth-order valence-corrected chi connectivity index (χ4v) is 3.25. The Morgan fingerprint density at radius 1 is 1.22 bits per heavy atom. The third kappa shape index (κ3) is 4.07. The predicted octanol–water partition coefficient (Wildman–Crippen LogP) is 4.61. The molecule has 3 rings (SSSR count). The largest absolute Gasteiger partial charge is 0.495 e. The van der Waals surface area contributed by atoms with Crippen LogP contribution in [0.5, 0.6) is 5.75 Å². The van der Waals surface area contributed by atoms with Gasteiger partial charge < -0.3 is 15.4 Å². The van der Waals surface area contributed by atoms with Crippen LogP contribution < -0.4 is 15.4 Å². The molecule has 3 aromatic rings. The molecule has 0 bridgehead atoms. The van der Waals surface area contributed by atoms with Gasteiger partial charge in [0.1, 0.15) is 12.1 Å². The molecule has 27 heavy (non-hydrogen) atoms. The van der Waals surface area contributed by atoms with E-state index in [1.165, 1.54) is 24.8 Å². The second kappa shape index (κ2) is 7.72. The zero-order chi connectivity index (χ0) is 19.6. The van der Waals surface area contributed by atoms with E-state index in [-0.39, 0.29) is 17.3 Å². The third-order valence-electron chi connectivity index (χ3n) is 3.67. The number of aryl methyl sites for hydroxylation is 2. The highest BCUT2D eigenvalue weighted by atomic mass is 35.5. The molecule has 0 spiro atoms. The van der Waals surface area contributed by atoms with E-state index in [0.717, 1.165) is 10.6 Å². The van der Waals surface area contributed by atoms with Gasteiger partial charge in [0.25, 0.3) is 0 Å². The molecule has 2 aromatic heterocycles. The van der Waals surface area contributed by atoms with E-state index in [0.29, 0.717) is 21.6 Å². The molecule has 0 unspecified atom stereocenters. The summed E-state index contributed by atoms with van der Waals surface area (Å²) in [5.41, 5.74) is 0.977. The average Bonchev–Trinajstić information content (AvgIpc) is 2.92. The number of ether oxygens (including phenoxy) is 1. The molecule has 11 heteroatoms. The first-order valence-electron chi connectivity index (χ1n) is 7.70. The summed E-state index contributed by atoms with van der Waals surface area (Å²) < 4.78 is 5.26. The Morgan fingerprint density at radius 2 is 1.93 bits per heavy atom. The van der Waals surface area contributed by atoms with Gasteiger partial charge in [-0.25, -0.2) is 15.0 Å². The lowest BCUT2D eigenvalue weighted by molar-refractivity contribution is -0.383. The van der Waals surface area contributed by atoms with E-state index in [4.69, 9.17) is 16.3 Å². The highest BCUT2D eigenvalue weighted by molar-refractivity contribution is 7.15. The van der Waals surface area contributed by atoms with Crippen LogP contribution in [-0.4, -0.2) is 27.0 Å². The van der Waals surface area contributed by atoms with E-state index < -0.39 is 4.92 Å². The summed E-state index contributed by atoms with van der Waals surface area (Å²) in [6.45, 7) is 3.79. The van der Waals surface area contributed by atoms with Gasteiger partial charge in [0.2, 0.25) is 11.6 Å². The van der Waals surface area contributed by atoms with Crippen LogP contribution >= 0.6 is 22.9 Å². The lowest BCUT2D eigenvalue weighted by Gasteiger charge is -2.12.